The minimum Gasteiger partial charge on any atom is -0.497 e. The number of hydrogen-bond donors (Lipinski definition) is 3. The minimum atomic E-state index is -4.01. The third kappa shape index (κ3) is 5.88. The summed E-state index contributed by atoms with van der Waals surface area (Å²) in [7, 11) is -1.14. The van der Waals surface area contributed by atoms with E-state index in [9.17, 15) is 13.2 Å². The summed E-state index contributed by atoms with van der Waals surface area (Å²) < 4.78 is 39.3. The lowest BCUT2D eigenvalue weighted by Gasteiger charge is -2.31. The molecule has 0 aliphatic carbocycles. The number of carbonyl (C=O) groups is 1. The third-order valence-electron chi connectivity index (χ3n) is 5.60. The van der Waals surface area contributed by atoms with Crippen molar-refractivity contribution < 1.29 is 22.7 Å². The summed E-state index contributed by atoms with van der Waals surface area (Å²) in [6.45, 7) is 7.08. The van der Waals surface area contributed by atoms with Crippen molar-refractivity contribution in [2.24, 2.45) is 0 Å². The van der Waals surface area contributed by atoms with E-state index in [0.717, 1.165) is 38.3 Å². The monoisotopic (exact) mass is 476 g/mol. The molecule has 0 saturated carbocycles. The van der Waals surface area contributed by atoms with E-state index in [4.69, 9.17) is 9.47 Å². The Hall–Kier alpha value is -2.98. The van der Waals surface area contributed by atoms with Crippen LogP contribution < -0.4 is 29.7 Å². The van der Waals surface area contributed by atoms with Gasteiger partial charge in [-0.15, -0.1) is 0 Å². The van der Waals surface area contributed by atoms with E-state index < -0.39 is 10.0 Å². The maximum atomic E-state index is 13.2. The normalized spacial score (nSPS) is 15.0. The third-order valence-corrected chi connectivity index (χ3v) is 7.00. The molecule has 3 N–H and O–H groups in total. The van der Waals surface area contributed by atoms with E-state index in [0.29, 0.717) is 11.3 Å². The predicted octanol–water partition coefficient (Wildman–Crippen LogP) is 2.44. The first kappa shape index (κ1) is 24.7. The van der Waals surface area contributed by atoms with Crippen LogP contribution in [0.25, 0.3) is 0 Å². The van der Waals surface area contributed by atoms with Gasteiger partial charge in [-0.1, -0.05) is 6.92 Å². The van der Waals surface area contributed by atoms with Crippen molar-refractivity contribution in [3.05, 3.63) is 42.0 Å². The Morgan fingerprint density at radius 3 is 2.48 bits per heavy atom. The zero-order valence-electron chi connectivity index (χ0n) is 19.5. The summed E-state index contributed by atoms with van der Waals surface area (Å²) in [6.07, 6.45) is 0.788. The molecule has 180 valence electrons. The van der Waals surface area contributed by atoms with Crippen molar-refractivity contribution in [2.75, 3.05) is 50.0 Å². The Bertz CT molecular complexity index is 1080. The van der Waals surface area contributed by atoms with Gasteiger partial charge >= 0.3 is 0 Å². The Kier molecular flexibility index (Phi) is 8.04. The highest BCUT2D eigenvalue weighted by Gasteiger charge is 2.24. The number of nitrogens with one attached hydrogen (secondary N) is 3. The molecule has 0 radical (unpaired) electrons. The molecule has 1 heterocycles. The molecule has 10 heteroatoms. The van der Waals surface area contributed by atoms with Gasteiger partial charge in [0.2, 0.25) is 0 Å². The Morgan fingerprint density at radius 2 is 1.85 bits per heavy atom. The highest BCUT2D eigenvalue weighted by molar-refractivity contribution is 7.92. The average Bonchev–Trinajstić information content (AvgIpc) is 2.83. The molecular formula is C23H32N4O5S. The second-order valence-corrected chi connectivity index (χ2v) is 9.52. The zero-order chi connectivity index (χ0) is 24.0. The van der Waals surface area contributed by atoms with Gasteiger partial charge in [-0.25, -0.2) is 8.42 Å². The number of sulfonamides is 1. The highest BCUT2D eigenvalue weighted by Crippen LogP contribution is 2.31. The molecule has 0 spiro atoms. The number of hydrogen-bond acceptors (Lipinski definition) is 7. The molecule has 1 saturated heterocycles. The summed E-state index contributed by atoms with van der Waals surface area (Å²) in [5.41, 5.74) is 1.49. The number of nitrogens with zero attached hydrogens (tertiary/aromatic N) is 1. The molecule has 1 amide bonds. The van der Waals surface area contributed by atoms with Crippen molar-refractivity contribution in [3.8, 4) is 11.5 Å². The Morgan fingerprint density at radius 1 is 1.12 bits per heavy atom. The lowest BCUT2D eigenvalue weighted by molar-refractivity contribution is 0.0939. The number of piperazine rings is 1. The molecule has 1 aliphatic rings. The molecule has 3 rings (SSSR count). The fourth-order valence-corrected chi connectivity index (χ4v) is 4.81. The van der Waals surface area contributed by atoms with Gasteiger partial charge in [-0.2, -0.15) is 0 Å². The van der Waals surface area contributed by atoms with Crippen LogP contribution in [0.5, 0.6) is 11.5 Å². The summed E-state index contributed by atoms with van der Waals surface area (Å²) >= 11 is 0. The second-order valence-electron chi connectivity index (χ2n) is 7.87. The van der Waals surface area contributed by atoms with E-state index in [2.05, 4.69) is 20.3 Å². The molecule has 2 aromatic rings. The number of methoxy groups -OCH3 is 2. The quantitative estimate of drug-likeness (QED) is 0.510. The van der Waals surface area contributed by atoms with E-state index >= 15 is 0 Å². The van der Waals surface area contributed by atoms with Gasteiger partial charge in [-0.3, -0.25) is 9.52 Å². The summed E-state index contributed by atoms with van der Waals surface area (Å²) in [5, 5.41) is 6.28. The lowest BCUT2D eigenvalue weighted by Crippen LogP contribution is -2.44. The minimum absolute atomic E-state index is 0.00485. The molecule has 1 aliphatic heterocycles. The molecule has 1 atom stereocenters. The van der Waals surface area contributed by atoms with Crippen LogP contribution in [0.15, 0.2) is 41.3 Å². The maximum Gasteiger partial charge on any atom is 0.265 e. The van der Waals surface area contributed by atoms with E-state index in [1.54, 1.807) is 24.3 Å². The van der Waals surface area contributed by atoms with Crippen LogP contribution in [0.2, 0.25) is 0 Å². The number of ether oxygens (including phenoxy) is 2. The molecule has 2 aromatic carbocycles. The number of benzene rings is 2. The van der Waals surface area contributed by atoms with Gasteiger partial charge in [0.15, 0.2) is 0 Å². The van der Waals surface area contributed by atoms with E-state index in [1.807, 2.05) is 13.8 Å². The Labute approximate surface area is 195 Å². The largest absolute Gasteiger partial charge is 0.497 e. The van der Waals surface area contributed by atoms with E-state index in [1.165, 1.54) is 26.4 Å². The predicted molar refractivity (Wildman–Crippen MR) is 129 cm³/mol. The zero-order valence-corrected chi connectivity index (χ0v) is 20.3. The molecule has 0 unspecified atom stereocenters. The van der Waals surface area contributed by atoms with Gasteiger partial charge in [0.05, 0.1) is 19.8 Å². The van der Waals surface area contributed by atoms with Gasteiger partial charge in [0.25, 0.3) is 15.9 Å². The van der Waals surface area contributed by atoms with Crippen LogP contribution in [0.4, 0.5) is 11.4 Å². The molecule has 0 bridgehead atoms. The fraction of sp³-hybridized carbons (Fsp3) is 0.435. The average molecular weight is 477 g/mol. The van der Waals surface area contributed by atoms with Crippen molar-refractivity contribution in [1.82, 2.24) is 10.6 Å². The van der Waals surface area contributed by atoms with Gasteiger partial charge < -0.3 is 25.0 Å². The first-order valence-corrected chi connectivity index (χ1v) is 12.4. The standard InChI is InChI=1S/C23H32N4O5S/c1-5-16(2)25-23(28)19-14-17(6-8-20(19)27-12-10-24-11-13-27)26-33(29,30)22-15-18(31-3)7-9-21(22)32-4/h6-9,14-16,24,26H,5,10-13H2,1-4H3,(H,25,28)/t16-/m0/s1. The van der Waals surface area contributed by atoms with Crippen molar-refractivity contribution in [1.29, 1.82) is 0 Å². The van der Waals surface area contributed by atoms with Crippen molar-refractivity contribution in [2.45, 2.75) is 31.2 Å². The van der Waals surface area contributed by atoms with Crippen LogP contribution in [0, 0.1) is 0 Å². The van der Waals surface area contributed by atoms with Gasteiger partial charge in [-0.05, 0) is 43.7 Å². The molecule has 0 aromatic heterocycles. The number of carbonyl (C=O) groups excluding carboxylic acids is 1. The number of amides is 1. The first-order chi connectivity index (χ1) is 15.8. The fourth-order valence-electron chi connectivity index (χ4n) is 3.57. The molecule has 9 nitrogen and oxygen atoms in total. The molecule has 33 heavy (non-hydrogen) atoms. The van der Waals surface area contributed by atoms with Gasteiger partial charge in [0, 0.05) is 49.7 Å². The summed E-state index contributed by atoms with van der Waals surface area (Å²) in [6, 6.07) is 9.59. The summed E-state index contributed by atoms with van der Waals surface area (Å²) in [5.74, 6) is 0.340. The second kappa shape index (κ2) is 10.8. The van der Waals surface area contributed by atoms with Crippen LogP contribution in [0.1, 0.15) is 30.6 Å². The van der Waals surface area contributed by atoms with Crippen LogP contribution in [-0.2, 0) is 10.0 Å². The van der Waals surface area contributed by atoms with Crippen molar-refractivity contribution >= 4 is 27.3 Å². The van der Waals surface area contributed by atoms with E-state index in [-0.39, 0.29) is 28.3 Å². The van der Waals surface area contributed by atoms with Crippen molar-refractivity contribution in [3.63, 3.8) is 0 Å². The highest BCUT2D eigenvalue weighted by atomic mass is 32.2. The molecule has 1 fully saturated rings. The first-order valence-electron chi connectivity index (χ1n) is 10.9. The SMILES string of the molecule is CC[C@H](C)NC(=O)c1cc(NS(=O)(=O)c2cc(OC)ccc2OC)ccc1N1CCNCC1. The topological polar surface area (TPSA) is 109 Å². The smallest absolute Gasteiger partial charge is 0.265 e. The number of rotatable bonds is 9. The molecular weight excluding hydrogens is 444 g/mol. The van der Waals surface area contributed by atoms with Crippen LogP contribution in [-0.4, -0.2) is 60.8 Å². The number of anilines is 2. The van der Waals surface area contributed by atoms with Crippen LogP contribution in [0.3, 0.4) is 0 Å². The lowest BCUT2D eigenvalue weighted by atomic mass is 10.1. The maximum absolute atomic E-state index is 13.2. The Balaban J connectivity index is 1.98. The van der Waals surface area contributed by atoms with Crippen LogP contribution >= 0.6 is 0 Å². The van der Waals surface area contributed by atoms with Gasteiger partial charge in [0.1, 0.15) is 16.4 Å². The summed E-state index contributed by atoms with van der Waals surface area (Å²) in [4.78, 5) is 15.2.